The largest absolute Gasteiger partial charge is 0.481 e. The van der Waals surface area contributed by atoms with Gasteiger partial charge in [0, 0.05) is 56.9 Å². The van der Waals surface area contributed by atoms with Crippen LogP contribution in [0.4, 0.5) is 0 Å². The second-order valence-corrected chi connectivity index (χ2v) is 18.3. The van der Waals surface area contributed by atoms with Gasteiger partial charge in [-0.1, -0.05) is 109 Å². The average molecular weight is 983 g/mol. The lowest BCUT2D eigenvalue weighted by Gasteiger charge is -2.47. The van der Waals surface area contributed by atoms with E-state index in [0.29, 0.717) is 58.9 Å². The van der Waals surface area contributed by atoms with E-state index in [1.807, 2.05) is 88.4 Å². The lowest BCUT2D eigenvalue weighted by Crippen LogP contribution is -2.56. The van der Waals surface area contributed by atoms with E-state index in [4.69, 9.17) is 46.4 Å². The van der Waals surface area contributed by atoms with Gasteiger partial charge >= 0.3 is 11.9 Å². The van der Waals surface area contributed by atoms with Crippen LogP contribution in [0.15, 0.2) is 97.1 Å². The zero-order valence-electron chi connectivity index (χ0n) is 37.3. The van der Waals surface area contributed by atoms with Gasteiger partial charge in [-0.3, -0.25) is 28.8 Å². The van der Waals surface area contributed by atoms with Crippen LogP contribution in [-0.2, 0) is 28.8 Å². The van der Waals surface area contributed by atoms with Crippen LogP contribution in [0.3, 0.4) is 0 Å². The molecule has 0 aliphatic carbocycles. The molecule has 4 aromatic rings. The maximum atomic E-state index is 13.7. The van der Waals surface area contributed by atoms with Crippen molar-refractivity contribution in [3.63, 3.8) is 0 Å². The summed E-state index contributed by atoms with van der Waals surface area (Å²) in [5, 5.41) is 26.8. The predicted octanol–water partition coefficient (Wildman–Crippen LogP) is 10.1. The fourth-order valence-corrected chi connectivity index (χ4v) is 10.1. The molecule has 16 heteroatoms. The third-order valence-corrected chi connectivity index (χ3v) is 13.2. The first-order chi connectivity index (χ1) is 31.5. The van der Waals surface area contributed by atoms with Crippen molar-refractivity contribution in [3.8, 4) is 0 Å². The van der Waals surface area contributed by atoms with Gasteiger partial charge in [0.2, 0.25) is 23.6 Å². The van der Waals surface area contributed by atoms with Gasteiger partial charge in [-0.2, -0.15) is 0 Å². The molecular weight excluding hydrogens is 926 g/mol. The Morgan fingerprint density at radius 1 is 0.545 bits per heavy atom. The molecule has 2 heterocycles. The third kappa shape index (κ3) is 12.6. The summed E-state index contributed by atoms with van der Waals surface area (Å²) >= 11 is 24.8. The van der Waals surface area contributed by atoms with Crippen LogP contribution >= 0.6 is 46.4 Å². The molecule has 4 N–H and O–H groups in total. The third-order valence-electron chi connectivity index (χ3n) is 12.2. The monoisotopic (exact) mass is 980 g/mol. The molecule has 2 fully saturated rings. The predicted molar refractivity (Wildman–Crippen MR) is 257 cm³/mol. The summed E-state index contributed by atoms with van der Waals surface area (Å²) in [4.78, 5) is 79.8. The quantitative estimate of drug-likeness (QED) is 0.0859. The van der Waals surface area contributed by atoms with E-state index >= 15 is 0 Å². The van der Waals surface area contributed by atoms with Crippen molar-refractivity contribution in [1.29, 1.82) is 0 Å². The number of amides is 4. The molecule has 352 valence electrons. The lowest BCUT2D eigenvalue weighted by atomic mass is 9.74. The Morgan fingerprint density at radius 3 is 1.18 bits per heavy atom. The second-order valence-electron chi connectivity index (χ2n) is 16.5. The Kier molecular flexibility index (Phi) is 18.9. The fourth-order valence-electron chi connectivity index (χ4n) is 9.43. The molecule has 4 amide bonds. The van der Waals surface area contributed by atoms with E-state index in [1.165, 1.54) is 0 Å². The molecule has 0 spiro atoms. The Labute approximate surface area is 405 Å². The highest BCUT2D eigenvalue weighted by atomic mass is 35.5. The minimum atomic E-state index is -1.05. The van der Waals surface area contributed by atoms with E-state index in [1.54, 1.807) is 46.2 Å². The highest BCUT2D eigenvalue weighted by Crippen LogP contribution is 2.49. The Bertz CT molecular complexity index is 2190. The maximum absolute atomic E-state index is 13.7. The summed E-state index contributed by atoms with van der Waals surface area (Å²) in [6.45, 7) is 8.20. The number of carboxylic acid groups (broad SMARTS) is 2. The molecule has 12 nitrogen and oxygen atoms in total. The fraction of sp³-hybridized carbons (Fsp3) is 0.400. The van der Waals surface area contributed by atoms with E-state index in [9.17, 15) is 39.0 Å². The zero-order valence-corrected chi connectivity index (χ0v) is 40.3. The molecule has 4 aromatic carbocycles. The highest BCUT2D eigenvalue weighted by Gasteiger charge is 2.49. The van der Waals surface area contributed by atoms with Crippen LogP contribution < -0.4 is 10.6 Å². The number of likely N-dealkylation sites (N-methyl/N-ethyl adjacent to an activating group) is 2. The smallest absolute Gasteiger partial charge is 0.304 e. The van der Waals surface area contributed by atoms with E-state index in [2.05, 4.69) is 10.6 Å². The van der Waals surface area contributed by atoms with Gasteiger partial charge in [0.15, 0.2) is 0 Å². The summed E-state index contributed by atoms with van der Waals surface area (Å²) in [5.41, 5.74) is 3.44. The van der Waals surface area contributed by atoms with E-state index in [0.717, 1.165) is 22.3 Å². The molecule has 2 aliphatic heterocycles. The Morgan fingerprint density at radius 2 is 0.894 bits per heavy atom. The van der Waals surface area contributed by atoms with Gasteiger partial charge in [0.1, 0.15) is 12.1 Å². The topological polar surface area (TPSA) is 173 Å². The van der Waals surface area contributed by atoms with Crippen LogP contribution in [-0.4, -0.2) is 80.8 Å². The van der Waals surface area contributed by atoms with Crippen LogP contribution in [0.25, 0.3) is 0 Å². The van der Waals surface area contributed by atoms with Crippen molar-refractivity contribution in [3.05, 3.63) is 139 Å². The SMILES string of the molecule is CCNC(=O)[C@@H](CC)N1C(=O)[C@@H](CC(=O)O)C[C@H](c2cccc(Cl)c2)[C@H]1c1ccc(Cl)cc1.CCNC(=O)[C@H](CC)N1C(=O)[C@@H](CC(=O)O)C[C@H](c2cccc(Cl)c2)[C@H]1c1ccc(Cl)cc1. The number of hydrogen-bond acceptors (Lipinski definition) is 6. The van der Waals surface area contributed by atoms with Crippen LogP contribution in [0.1, 0.15) is 112 Å². The standard InChI is InChI=1S/2C25H28Cl2N2O4/c2*1-3-21(24(32)28-4-2)29-23(15-8-10-18(26)11-9-15)20(16-6-5-7-19(27)12-16)13-17(25(29)33)14-22(30)31/h2*5-12,17,20-21,23H,3-4,13-14H2,1-2H3,(H,28,32)(H,30,31)/t17-,20-,21+,23-;17-,20-,21-,23-/m11/s1. The maximum Gasteiger partial charge on any atom is 0.304 e. The molecule has 6 rings (SSSR count). The minimum Gasteiger partial charge on any atom is -0.481 e. The average Bonchev–Trinajstić information content (AvgIpc) is 3.27. The molecule has 0 unspecified atom stereocenters. The number of aliphatic carboxylic acids is 2. The van der Waals surface area contributed by atoms with Crippen molar-refractivity contribution < 1.29 is 39.0 Å². The summed E-state index contributed by atoms with van der Waals surface area (Å²) in [5.74, 6) is -5.27. The first-order valence-electron chi connectivity index (χ1n) is 22.2. The number of nitrogens with zero attached hydrogens (tertiary/aromatic N) is 2. The van der Waals surface area contributed by atoms with Crippen molar-refractivity contribution >= 4 is 82.0 Å². The van der Waals surface area contributed by atoms with Gasteiger partial charge in [-0.15, -0.1) is 0 Å². The number of halogens is 4. The van der Waals surface area contributed by atoms with Gasteiger partial charge < -0.3 is 30.6 Å². The Balaban J connectivity index is 0.000000247. The van der Waals surface area contributed by atoms with Crippen LogP contribution in [0, 0.1) is 11.8 Å². The highest BCUT2D eigenvalue weighted by molar-refractivity contribution is 6.31. The lowest BCUT2D eigenvalue weighted by molar-refractivity contribution is -0.155. The van der Waals surface area contributed by atoms with Gasteiger partial charge in [-0.25, -0.2) is 0 Å². The van der Waals surface area contributed by atoms with E-state index in [-0.39, 0.29) is 48.3 Å². The number of carbonyl (C=O) groups excluding carboxylic acids is 4. The minimum absolute atomic E-state index is 0.254. The summed E-state index contributed by atoms with van der Waals surface area (Å²) in [7, 11) is 0. The number of benzene rings is 4. The summed E-state index contributed by atoms with van der Waals surface area (Å²) < 4.78 is 0. The molecule has 2 saturated heterocycles. The number of piperidine rings is 2. The molecule has 2 aliphatic rings. The molecule has 0 bridgehead atoms. The molecule has 0 saturated carbocycles. The summed E-state index contributed by atoms with van der Waals surface area (Å²) in [6, 6.07) is 26.8. The zero-order chi connectivity index (χ0) is 48.2. The summed E-state index contributed by atoms with van der Waals surface area (Å²) in [6.07, 6.45) is 0.854. The normalized spacial score (nSPS) is 21.5. The van der Waals surface area contributed by atoms with Crippen LogP contribution in [0.2, 0.25) is 20.1 Å². The first kappa shape index (κ1) is 51.8. The van der Waals surface area contributed by atoms with Crippen molar-refractivity contribution in [2.75, 3.05) is 13.1 Å². The number of likely N-dealkylation sites (tertiary alicyclic amines) is 2. The molecule has 0 aromatic heterocycles. The van der Waals surface area contributed by atoms with E-state index < -0.39 is 47.9 Å². The Hall–Kier alpha value is -5.14. The van der Waals surface area contributed by atoms with Crippen molar-refractivity contribution in [2.24, 2.45) is 11.8 Å². The number of carboxylic acids is 2. The molecule has 66 heavy (non-hydrogen) atoms. The number of carbonyl (C=O) groups is 6. The van der Waals surface area contributed by atoms with Gasteiger partial charge in [0.25, 0.3) is 0 Å². The molecule has 0 radical (unpaired) electrons. The number of hydrogen-bond donors (Lipinski definition) is 4. The molecular formula is C50H56Cl4N4O8. The second kappa shape index (κ2) is 24.1. The van der Waals surface area contributed by atoms with Crippen molar-refractivity contribution in [2.45, 2.75) is 102 Å². The number of nitrogens with one attached hydrogen (secondary N) is 2. The van der Waals surface area contributed by atoms with Crippen molar-refractivity contribution in [1.82, 2.24) is 20.4 Å². The molecule has 8 atom stereocenters. The van der Waals surface area contributed by atoms with Gasteiger partial charge in [-0.05, 0) is 110 Å². The van der Waals surface area contributed by atoms with Crippen LogP contribution in [0.5, 0.6) is 0 Å². The number of rotatable bonds is 16. The van der Waals surface area contributed by atoms with Gasteiger partial charge in [0.05, 0.1) is 24.9 Å². The first-order valence-corrected chi connectivity index (χ1v) is 23.7.